The van der Waals surface area contributed by atoms with Crippen LogP contribution < -0.4 is 10.1 Å². The SMILES string of the molecule is CC(C)NC(=O)C(C)N1CCN(C(=O)c2cnc(OC3CCOCC3)c(Cl)c2)CC1. The summed E-state index contributed by atoms with van der Waals surface area (Å²) in [5.74, 6) is 0.261. The van der Waals surface area contributed by atoms with Crippen molar-refractivity contribution in [1.29, 1.82) is 0 Å². The highest BCUT2D eigenvalue weighted by atomic mass is 35.5. The molecule has 0 radical (unpaired) electrons. The van der Waals surface area contributed by atoms with Crippen LogP contribution >= 0.6 is 11.6 Å². The van der Waals surface area contributed by atoms with Crippen molar-refractivity contribution in [2.45, 2.75) is 51.8 Å². The molecule has 3 rings (SSSR count). The van der Waals surface area contributed by atoms with Gasteiger partial charge >= 0.3 is 0 Å². The molecule has 0 aliphatic carbocycles. The molecule has 1 aromatic rings. The Morgan fingerprint density at radius 3 is 2.47 bits per heavy atom. The second-order valence-electron chi connectivity index (χ2n) is 8.11. The van der Waals surface area contributed by atoms with Crippen LogP contribution in [0.2, 0.25) is 5.02 Å². The van der Waals surface area contributed by atoms with Crippen molar-refractivity contribution < 1.29 is 19.1 Å². The predicted molar refractivity (Wildman–Crippen MR) is 114 cm³/mol. The highest BCUT2D eigenvalue weighted by Crippen LogP contribution is 2.26. The van der Waals surface area contributed by atoms with E-state index in [-0.39, 0.29) is 30.0 Å². The molecule has 2 fully saturated rings. The molecule has 0 bridgehead atoms. The number of piperazine rings is 1. The summed E-state index contributed by atoms with van der Waals surface area (Å²) >= 11 is 6.33. The molecule has 1 aromatic heterocycles. The lowest BCUT2D eigenvalue weighted by molar-refractivity contribution is -0.126. The maximum Gasteiger partial charge on any atom is 0.255 e. The van der Waals surface area contributed by atoms with Gasteiger partial charge in [0.15, 0.2) is 0 Å². The molecule has 2 aliphatic rings. The third-order valence-electron chi connectivity index (χ3n) is 5.46. The molecule has 0 spiro atoms. The summed E-state index contributed by atoms with van der Waals surface area (Å²) in [6.07, 6.45) is 3.16. The molecule has 2 aliphatic heterocycles. The number of hydrogen-bond donors (Lipinski definition) is 1. The highest BCUT2D eigenvalue weighted by molar-refractivity contribution is 6.32. The Balaban J connectivity index is 1.54. The fourth-order valence-electron chi connectivity index (χ4n) is 3.65. The largest absolute Gasteiger partial charge is 0.473 e. The molecule has 1 atom stereocenters. The van der Waals surface area contributed by atoms with Gasteiger partial charge in [-0.25, -0.2) is 4.98 Å². The molecule has 1 N–H and O–H groups in total. The number of nitrogens with zero attached hydrogens (tertiary/aromatic N) is 3. The van der Waals surface area contributed by atoms with Gasteiger partial charge in [0.25, 0.3) is 5.91 Å². The quantitative estimate of drug-likeness (QED) is 0.731. The van der Waals surface area contributed by atoms with Crippen molar-refractivity contribution in [3.05, 3.63) is 22.8 Å². The van der Waals surface area contributed by atoms with Gasteiger partial charge in [0, 0.05) is 51.3 Å². The van der Waals surface area contributed by atoms with Crippen LogP contribution in [-0.4, -0.2) is 84.2 Å². The van der Waals surface area contributed by atoms with Gasteiger partial charge in [0.2, 0.25) is 11.8 Å². The Morgan fingerprint density at radius 1 is 1.20 bits per heavy atom. The minimum atomic E-state index is -0.220. The zero-order chi connectivity index (χ0) is 21.7. The zero-order valence-corrected chi connectivity index (χ0v) is 18.7. The lowest BCUT2D eigenvalue weighted by atomic mass is 10.1. The second kappa shape index (κ2) is 10.4. The lowest BCUT2D eigenvalue weighted by Gasteiger charge is -2.37. The van der Waals surface area contributed by atoms with Crippen LogP contribution in [0.5, 0.6) is 5.88 Å². The Hall–Kier alpha value is -1.90. The van der Waals surface area contributed by atoms with E-state index in [1.165, 1.54) is 6.20 Å². The number of halogens is 1. The molecule has 2 saturated heterocycles. The number of carbonyl (C=O) groups is 2. The van der Waals surface area contributed by atoms with Crippen molar-refractivity contribution in [3.8, 4) is 5.88 Å². The molecule has 30 heavy (non-hydrogen) atoms. The molecular weight excluding hydrogens is 408 g/mol. The molecule has 9 heteroatoms. The van der Waals surface area contributed by atoms with Crippen molar-refractivity contribution in [2.24, 2.45) is 0 Å². The smallest absolute Gasteiger partial charge is 0.255 e. The molecular formula is C21H31ClN4O4. The maximum atomic E-state index is 12.9. The van der Waals surface area contributed by atoms with Crippen LogP contribution in [-0.2, 0) is 9.53 Å². The molecule has 0 aromatic carbocycles. The van der Waals surface area contributed by atoms with E-state index in [2.05, 4.69) is 15.2 Å². The summed E-state index contributed by atoms with van der Waals surface area (Å²) < 4.78 is 11.2. The summed E-state index contributed by atoms with van der Waals surface area (Å²) in [6, 6.07) is 1.51. The van der Waals surface area contributed by atoms with E-state index < -0.39 is 0 Å². The summed E-state index contributed by atoms with van der Waals surface area (Å²) in [5.41, 5.74) is 0.443. The van der Waals surface area contributed by atoms with Crippen LogP contribution in [0.1, 0.15) is 44.0 Å². The summed E-state index contributed by atoms with van der Waals surface area (Å²) in [6.45, 7) is 9.52. The van der Waals surface area contributed by atoms with Crippen LogP contribution in [0, 0.1) is 0 Å². The topological polar surface area (TPSA) is 84.0 Å². The Labute approximate surface area is 182 Å². The third-order valence-corrected chi connectivity index (χ3v) is 5.73. The number of pyridine rings is 1. The fourth-order valence-corrected chi connectivity index (χ4v) is 3.86. The Bertz CT molecular complexity index is 747. The first-order chi connectivity index (χ1) is 14.3. The maximum absolute atomic E-state index is 12.9. The van der Waals surface area contributed by atoms with Crippen LogP contribution in [0.15, 0.2) is 12.3 Å². The minimum Gasteiger partial charge on any atom is -0.473 e. The fraction of sp³-hybridized carbons (Fsp3) is 0.667. The zero-order valence-electron chi connectivity index (χ0n) is 17.9. The normalized spacial score (nSPS) is 19.6. The monoisotopic (exact) mass is 438 g/mol. The van der Waals surface area contributed by atoms with Gasteiger partial charge in [0.05, 0.1) is 24.8 Å². The Kier molecular flexibility index (Phi) is 7.91. The molecule has 166 valence electrons. The van der Waals surface area contributed by atoms with E-state index >= 15 is 0 Å². The molecule has 8 nitrogen and oxygen atoms in total. The van der Waals surface area contributed by atoms with Crippen LogP contribution in [0.25, 0.3) is 0 Å². The van der Waals surface area contributed by atoms with Gasteiger partial charge in [-0.2, -0.15) is 0 Å². The van der Waals surface area contributed by atoms with Crippen molar-refractivity contribution in [3.63, 3.8) is 0 Å². The van der Waals surface area contributed by atoms with E-state index in [9.17, 15) is 9.59 Å². The third kappa shape index (κ3) is 5.83. The van der Waals surface area contributed by atoms with Crippen molar-refractivity contribution >= 4 is 23.4 Å². The first-order valence-electron chi connectivity index (χ1n) is 10.6. The number of rotatable bonds is 6. The summed E-state index contributed by atoms with van der Waals surface area (Å²) in [4.78, 5) is 33.3. The number of hydrogen-bond acceptors (Lipinski definition) is 6. The van der Waals surface area contributed by atoms with Gasteiger partial charge in [0.1, 0.15) is 11.1 Å². The summed E-state index contributed by atoms with van der Waals surface area (Å²) in [5, 5.41) is 3.28. The first kappa shape index (κ1) is 22.8. The second-order valence-corrected chi connectivity index (χ2v) is 8.52. The van der Waals surface area contributed by atoms with Gasteiger partial charge < -0.3 is 19.7 Å². The lowest BCUT2D eigenvalue weighted by Crippen LogP contribution is -2.55. The highest BCUT2D eigenvalue weighted by Gasteiger charge is 2.28. The van der Waals surface area contributed by atoms with Gasteiger partial charge in [-0.3, -0.25) is 14.5 Å². The van der Waals surface area contributed by atoms with Crippen LogP contribution in [0.3, 0.4) is 0 Å². The summed E-state index contributed by atoms with van der Waals surface area (Å²) in [7, 11) is 0. The molecule has 3 heterocycles. The number of nitrogens with one attached hydrogen (secondary N) is 1. The van der Waals surface area contributed by atoms with Crippen molar-refractivity contribution in [1.82, 2.24) is 20.1 Å². The first-order valence-corrected chi connectivity index (χ1v) is 11.0. The average Bonchev–Trinajstić information content (AvgIpc) is 2.74. The van der Waals surface area contributed by atoms with Gasteiger partial charge in [-0.05, 0) is 26.8 Å². The van der Waals surface area contributed by atoms with E-state index in [1.54, 1.807) is 11.0 Å². The number of ether oxygens (including phenoxy) is 2. The van der Waals surface area contributed by atoms with E-state index in [1.807, 2.05) is 20.8 Å². The van der Waals surface area contributed by atoms with Crippen molar-refractivity contribution in [2.75, 3.05) is 39.4 Å². The van der Waals surface area contributed by atoms with E-state index in [4.69, 9.17) is 21.1 Å². The van der Waals surface area contributed by atoms with Crippen LogP contribution in [0.4, 0.5) is 0 Å². The number of amides is 2. The van der Waals surface area contributed by atoms with Gasteiger partial charge in [-0.1, -0.05) is 11.6 Å². The Morgan fingerprint density at radius 2 is 1.87 bits per heavy atom. The van der Waals surface area contributed by atoms with Gasteiger partial charge in [-0.15, -0.1) is 0 Å². The van der Waals surface area contributed by atoms with E-state index in [0.29, 0.717) is 55.9 Å². The number of carbonyl (C=O) groups excluding carboxylic acids is 2. The van der Waals surface area contributed by atoms with E-state index in [0.717, 1.165) is 12.8 Å². The number of aromatic nitrogens is 1. The molecule has 1 unspecified atom stereocenters. The molecule has 2 amide bonds. The average molecular weight is 439 g/mol. The predicted octanol–water partition coefficient (Wildman–Crippen LogP) is 1.96. The molecule has 0 saturated carbocycles. The minimum absolute atomic E-state index is 0.0147. The standard InChI is InChI=1S/C21H31ClN4O4/c1-14(2)24-19(27)15(3)25-6-8-26(9-7-25)21(28)16-12-18(22)20(23-13-16)30-17-4-10-29-11-5-17/h12-15,17H,4-11H2,1-3H3,(H,24,27).